The summed E-state index contributed by atoms with van der Waals surface area (Å²) in [4.78, 5) is 12.4. The van der Waals surface area contributed by atoms with Gasteiger partial charge in [-0.25, -0.2) is 0 Å². The van der Waals surface area contributed by atoms with Gasteiger partial charge in [0.2, 0.25) is 0 Å². The molecule has 0 saturated heterocycles. The van der Waals surface area contributed by atoms with Crippen molar-refractivity contribution in [1.82, 2.24) is 0 Å². The summed E-state index contributed by atoms with van der Waals surface area (Å²) in [6.45, 7) is 0. The number of carbonyl (C=O) groups excluding carboxylic acids is 1. The van der Waals surface area contributed by atoms with Crippen LogP contribution < -0.4 is 0 Å². The number of carbonyl (C=O) groups is 1. The van der Waals surface area contributed by atoms with E-state index < -0.39 is 0 Å². The molecular weight excluding hydrogens is 388 g/mol. The van der Waals surface area contributed by atoms with Gasteiger partial charge in [-0.05, 0) is 62.2 Å². The van der Waals surface area contributed by atoms with Gasteiger partial charge in [0.1, 0.15) is 0 Å². The molecule has 98 valence electrons. The Morgan fingerprint density at radius 1 is 1.16 bits per heavy atom. The Hall–Kier alpha value is -0.450. The van der Waals surface area contributed by atoms with Crippen molar-refractivity contribution >= 4 is 49.0 Å². The zero-order valence-corrected chi connectivity index (χ0v) is 14.1. The normalized spacial score (nSPS) is 15.3. The minimum atomic E-state index is 0.0778. The van der Waals surface area contributed by atoms with E-state index in [1.54, 1.807) is 0 Å². The van der Waals surface area contributed by atoms with Crippen molar-refractivity contribution < 1.29 is 4.79 Å². The molecule has 2 aromatic rings. The van der Waals surface area contributed by atoms with E-state index in [9.17, 15) is 4.79 Å². The number of thiophene rings is 1. The second-order valence-electron chi connectivity index (χ2n) is 4.82. The third-order valence-corrected chi connectivity index (χ3v) is 5.99. The molecule has 1 heterocycles. The van der Waals surface area contributed by atoms with Gasteiger partial charge in [0.05, 0.1) is 7.57 Å². The molecule has 0 spiro atoms. The smallest absolute Gasteiger partial charge is 0.195 e. The van der Waals surface area contributed by atoms with E-state index in [1.807, 2.05) is 18.2 Å². The number of benzene rings is 1. The first kappa shape index (κ1) is 13.5. The van der Waals surface area contributed by atoms with Crippen LogP contribution in [-0.2, 0) is 0 Å². The SMILES string of the molecule is O=C(c1ccc(C2CCC2)cc1)c1cc(Br)sc1Br. The molecule has 19 heavy (non-hydrogen) atoms. The topological polar surface area (TPSA) is 17.1 Å². The average molecular weight is 400 g/mol. The lowest BCUT2D eigenvalue weighted by atomic mass is 9.80. The summed E-state index contributed by atoms with van der Waals surface area (Å²) in [7, 11) is 0. The molecule has 0 N–H and O–H groups in total. The van der Waals surface area contributed by atoms with E-state index in [0.29, 0.717) is 5.92 Å². The molecule has 0 atom stereocenters. The molecule has 3 rings (SSSR count). The summed E-state index contributed by atoms with van der Waals surface area (Å²) in [5.41, 5.74) is 2.86. The molecule has 1 fully saturated rings. The van der Waals surface area contributed by atoms with E-state index in [4.69, 9.17) is 0 Å². The van der Waals surface area contributed by atoms with Gasteiger partial charge in [-0.2, -0.15) is 0 Å². The van der Waals surface area contributed by atoms with Crippen LogP contribution in [0.25, 0.3) is 0 Å². The Labute approximate surface area is 133 Å². The van der Waals surface area contributed by atoms with Crippen molar-refractivity contribution in [1.29, 1.82) is 0 Å². The quantitative estimate of drug-likeness (QED) is 0.598. The van der Waals surface area contributed by atoms with Crippen molar-refractivity contribution in [2.75, 3.05) is 0 Å². The predicted octanol–water partition coefficient (Wildman–Crippen LogP) is 5.77. The molecule has 0 aliphatic heterocycles. The lowest BCUT2D eigenvalue weighted by Gasteiger charge is -2.25. The van der Waals surface area contributed by atoms with Gasteiger partial charge >= 0.3 is 0 Å². The second kappa shape index (κ2) is 5.51. The fraction of sp³-hybridized carbons (Fsp3) is 0.267. The molecule has 0 amide bonds. The van der Waals surface area contributed by atoms with Gasteiger partial charge in [0.15, 0.2) is 5.78 Å². The van der Waals surface area contributed by atoms with Crippen LogP contribution in [0.3, 0.4) is 0 Å². The summed E-state index contributed by atoms with van der Waals surface area (Å²) in [6, 6.07) is 9.98. The van der Waals surface area contributed by atoms with Gasteiger partial charge in [-0.3, -0.25) is 4.79 Å². The highest BCUT2D eigenvalue weighted by Gasteiger charge is 2.20. The van der Waals surface area contributed by atoms with Gasteiger partial charge < -0.3 is 0 Å². The molecular formula is C15H12Br2OS. The van der Waals surface area contributed by atoms with Crippen molar-refractivity contribution in [3.05, 3.63) is 54.6 Å². The van der Waals surface area contributed by atoms with E-state index in [1.165, 1.54) is 36.2 Å². The van der Waals surface area contributed by atoms with Crippen LogP contribution >= 0.6 is 43.2 Å². The Kier molecular flexibility index (Phi) is 3.92. The first-order chi connectivity index (χ1) is 9.15. The van der Waals surface area contributed by atoms with Crippen molar-refractivity contribution in [3.8, 4) is 0 Å². The second-order valence-corrected chi connectivity index (χ2v) is 8.57. The van der Waals surface area contributed by atoms with Crippen LogP contribution in [0.4, 0.5) is 0 Å². The highest BCUT2D eigenvalue weighted by Crippen LogP contribution is 2.37. The van der Waals surface area contributed by atoms with Crippen LogP contribution in [0.5, 0.6) is 0 Å². The first-order valence-electron chi connectivity index (χ1n) is 6.24. The molecule has 1 nitrogen and oxygen atoms in total. The summed E-state index contributed by atoms with van der Waals surface area (Å²) in [5, 5.41) is 0. The first-order valence-corrected chi connectivity index (χ1v) is 8.65. The zero-order chi connectivity index (χ0) is 13.4. The Bertz CT molecular complexity index is 612. The maximum absolute atomic E-state index is 12.4. The maximum Gasteiger partial charge on any atom is 0.195 e. The van der Waals surface area contributed by atoms with Crippen molar-refractivity contribution in [3.63, 3.8) is 0 Å². The van der Waals surface area contributed by atoms with Crippen LogP contribution in [0, 0.1) is 0 Å². The van der Waals surface area contributed by atoms with Gasteiger partial charge in [0, 0.05) is 11.1 Å². The molecule has 1 aromatic heterocycles. The molecule has 4 heteroatoms. The summed E-state index contributed by atoms with van der Waals surface area (Å²) < 4.78 is 1.85. The highest BCUT2D eigenvalue weighted by molar-refractivity contribution is 9.12. The van der Waals surface area contributed by atoms with E-state index in [2.05, 4.69) is 44.0 Å². The van der Waals surface area contributed by atoms with E-state index >= 15 is 0 Å². The molecule has 1 saturated carbocycles. The van der Waals surface area contributed by atoms with E-state index in [0.717, 1.165) is 18.7 Å². The zero-order valence-electron chi connectivity index (χ0n) is 10.2. The average Bonchev–Trinajstić information content (AvgIpc) is 2.66. The van der Waals surface area contributed by atoms with Crippen LogP contribution in [0.15, 0.2) is 37.9 Å². The number of hydrogen-bond acceptors (Lipinski definition) is 2. The predicted molar refractivity (Wildman–Crippen MR) is 86.2 cm³/mol. The monoisotopic (exact) mass is 398 g/mol. The highest BCUT2D eigenvalue weighted by atomic mass is 79.9. The fourth-order valence-corrected chi connectivity index (χ4v) is 5.09. The van der Waals surface area contributed by atoms with Crippen LogP contribution in [-0.4, -0.2) is 5.78 Å². The third-order valence-electron chi connectivity index (χ3n) is 3.65. The fourth-order valence-electron chi connectivity index (χ4n) is 2.30. The summed E-state index contributed by atoms with van der Waals surface area (Å²) >= 11 is 8.37. The molecule has 0 bridgehead atoms. The minimum absolute atomic E-state index is 0.0778. The summed E-state index contributed by atoms with van der Waals surface area (Å²) in [5.74, 6) is 0.792. The lowest BCUT2D eigenvalue weighted by Crippen LogP contribution is -2.09. The standard InChI is InChI=1S/C15H12Br2OS/c16-13-8-12(15(17)19-13)14(18)11-6-4-10(5-7-11)9-2-1-3-9/h4-9H,1-3H2. The number of ketones is 1. The lowest BCUT2D eigenvalue weighted by molar-refractivity contribution is 0.103. The Morgan fingerprint density at radius 3 is 2.32 bits per heavy atom. The third kappa shape index (κ3) is 2.71. The molecule has 1 aliphatic carbocycles. The maximum atomic E-state index is 12.4. The number of hydrogen-bond donors (Lipinski definition) is 0. The van der Waals surface area contributed by atoms with Gasteiger partial charge in [-0.1, -0.05) is 30.7 Å². The Morgan fingerprint density at radius 2 is 1.84 bits per heavy atom. The number of halogens is 2. The number of rotatable bonds is 3. The largest absolute Gasteiger partial charge is 0.289 e. The Balaban J connectivity index is 1.85. The minimum Gasteiger partial charge on any atom is -0.289 e. The molecule has 0 radical (unpaired) electrons. The molecule has 1 aliphatic rings. The summed E-state index contributed by atoms with van der Waals surface area (Å²) in [6.07, 6.45) is 3.91. The van der Waals surface area contributed by atoms with Crippen molar-refractivity contribution in [2.24, 2.45) is 0 Å². The van der Waals surface area contributed by atoms with Gasteiger partial charge in [-0.15, -0.1) is 11.3 Å². The molecule has 0 unspecified atom stereocenters. The van der Waals surface area contributed by atoms with Crippen molar-refractivity contribution in [2.45, 2.75) is 25.2 Å². The van der Waals surface area contributed by atoms with Gasteiger partial charge in [0.25, 0.3) is 0 Å². The van der Waals surface area contributed by atoms with Crippen LogP contribution in [0.2, 0.25) is 0 Å². The van der Waals surface area contributed by atoms with Crippen LogP contribution in [0.1, 0.15) is 46.7 Å². The van der Waals surface area contributed by atoms with E-state index in [-0.39, 0.29) is 5.78 Å². The molecule has 1 aromatic carbocycles.